The summed E-state index contributed by atoms with van der Waals surface area (Å²) in [4.78, 5) is 4.35. The van der Waals surface area contributed by atoms with Crippen LogP contribution in [0.4, 0.5) is 0 Å². The molecule has 2 aromatic rings. The van der Waals surface area contributed by atoms with Crippen LogP contribution in [0, 0.1) is 0 Å². The molecule has 20 heavy (non-hydrogen) atoms. The minimum Gasteiger partial charge on any atom is -0.380 e. The van der Waals surface area contributed by atoms with Gasteiger partial charge in [-0.15, -0.1) is 0 Å². The molecule has 2 rings (SSSR count). The van der Waals surface area contributed by atoms with Crippen LogP contribution < -0.4 is 5.73 Å². The van der Waals surface area contributed by atoms with Gasteiger partial charge in [0.25, 0.3) is 5.89 Å². The largest absolute Gasteiger partial charge is 0.380 e. The van der Waals surface area contributed by atoms with E-state index in [9.17, 15) is 0 Å². The molecule has 0 bridgehead atoms. The van der Waals surface area contributed by atoms with Crippen LogP contribution in [0.3, 0.4) is 0 Å². The molecule has 0 amide bonds. The first-order valence-corrected chi connectivity index (χ1v) is 6.93. The Morgan fingerprint density at radius 3 is 2.85 bits per heavy atom. The Balaban J connectivity index is 2.21. The molecule has 0 aliphatic carbocycles. The van der Waals surface area contributed by atoms with Gasteiger partial charge in [-0.1, -0.05) is 12.1 Å². The Labute approximate surface area is 118 Å². The van der Waals surface area contributed by atoms with Gasteiger partial charge in [-0.05, 0) is 26.3 Å². The van der Waals surface area contributed by atoms with Crippen LogP contribution in [0.15, 0.2) is 10.6 Å². The second kappa shape index (κ2) is 6.62. The molecule has 0 aromatic carbocycles. The van der Waals surface area contributed by atoms with Gasteiger partial charge >= 0.3 is 0 Å². The third-order valence-electron chi connectivity index (χ3n) is 2.99. The average Bonchev–Trinajstić information content (AvgIpc) is 3.10. The van der Waals surface area contributed by atoms with Gasteiger partial charge in [0.05, 0.1) is 18.3 Å². The van der Waals surface area contributed by atoms with E-state index < -0.39 is 0 Å². The van der Waals surface area contributed by atoms with Crippen molar-refractivity contribution in [2.75, 3.05) is 13.2 Å². The summed E-state index contributed by atoms with van der Waals surface area (Å²) in [5.74, 6) is 0.899. The maximum absolute atomic E-state index is 5.94. The maximum atomic E-state index is 5.94. The summed E-state index contributed by atoms with van der Waals surface area (Å²) in [6, 6.07) is 1.59. The highest BCUT2D eigenvalue weighted by Gasteiger charge is 2.18. The van der Waals surface area contributed by atoms with Crippen molar-refractivity contribution in [1.82, 2.24) is 19.9 Å². The van der Waals surface area contributed by atoms with Crippen molar-refractivity contribution in [2.45, 2.75) is 39.8 Å². The molecule has 7 nitrogen and oxygen atoms in total. The van der Waals surface area contributed by atoms with Crippen LogP contribution in [0.5, 0.6) is 0 Å². The molecule has 0 saturated carbocycles. The van der Waals surface area contributed by atoms with Crippen LogP contribution in [0.1, 0.15) is 38.3 Å². The highest BCUT2D eigenvalue weighted by Crippen LogP contribution is 2.20. The SMILES string of the molecule is CCOCC(N)c1noc(-c2cc(CC)nn2CC)n1. The fourth-order valence-corrected chi connectivity index (χ4v) is 1.86. The zero-order chi connectivity index (χ0) is 14.5. The van der Waals surface area contributed by atoms with E-state index in [0.717, 1.165) is 24.4 Å². The summed E-state index contributed by atoms with van der Waals surface area (Å²) in [6.45, 7) is 7.74. The quantitative estimate of drug-likeness (QED) is 0.826. The predicted molar refractivity (Wildman–Crippen MR) is 74.0 cm³/mol. The monoisotopic (exact) mass is 279 g/mol. The number of ether oxygens (including phenoxy) is 1. The van der Waals surface area contributed by atoms with Crippen molar-refractivity contribution in [3.8, 4) is 11.6 Å². The van der Waals surface area contributed by atoms with Crippen LogP contribution in [-0.4, -0.2) is 33.1 Å². The number of nitrogens with two attached hydrogens (primary N) is 1. The lowest BCUT2D eigenvalue weighted by Gasteiger charge is -2.05. The van der Waals surface area contributed by atoms with E-state index in [4.69, 9.17) is 15.0 Å². The van der Waals surface area contributed by atoms with Crippen LogP contribution in [0.2, 0.25) is 0 Å². The normalized spacial score (nSPS) is 12.8. The van der Waals surface area contributed by atoms with Gasteiger partial charge in [0, 0.05) is 13.2 Å². The first-order valence-electron chi connectivity index (χ1n) is 6.93. The lowest BCUT2D eigenvalue weighted by atomic mass is 10.3. The van der Waals surface area contributed by atoms with Gasteiger partial charge in [-0.3, -0.25) is 4.68 Å². The Bertz CT molecular complexity index is 549. The average molecular weight is 279 g/mol. The molecule has 0 saturated heterocycles. The molecule has 0 aliphatic heterocycles. The van der Waals surface area contributed by atoms with Gasteiger partial charge in [-0.25, -0.2) is 0 Å². The van der Waals surface area contributed by atoms with Crippen molar-refractivity contribution >= 4 is 0 Å². The Morgan fingerprint density at radius 1 is 1.40 bits per heavy atom. The summed E-state index contributed by atoms with van der Waals surface area (Å²) in [6.07, 6.45) is 0.866. The first kappa shape index (κ1) is 14.7. The van der Waals surface area contributed by atoms with Crippen molar-refractivity contribution in [1.29, 1.82) is 0 Å². The number of nitrogens with zero attached hydrogens (tertiary/aromatic N) is 4. The van der Waals surface area contributed by atoms with Crippen LogP contribution >= 0.6 is 0 Å². The van der Waals surface area contributed by atoms with Gasteiger partial charge in [-0.2, -0.15) is 10.1 Å². The maximum Gasteiger partial charge on any atom is 0.276 e. The topological polar surface area (TPSA) is 92.0 Å². The molecule has 7 heteroatoms. The molecular formula is C13H21N5O2. The standard InChI is InChI=1S/C13H21N5O2/c1-4-9-7-11(18(5-2)16-9)13-15-12(17-20-13)10(14)8-19-6-3/h7,10H,4-6,8,14H2,1-3H3. The van der Waals surface area contributed by atoms with E-state index in [-0.39, 0.29) is 6.04 Å². The summed E-state index contributed by atoms with van der Waals surface area (Å²) in [7, 11) is 0. The van der Waals surface area contributed by atoms with Gasteiger partial charge in [0.1, 0.15) is 5.69 Å². The zero-order valence-electron chi connectivity index (χ0n) is 12.2. The first-order chi connectivity index (χ1) is 9.69. The Kier molecular flexibility index (Phi) is 4.86. The molecule has 0 radical (unpaired) electrons. The van der Waals surface area contributed by atoms with Gasteiger partial charge < -0.3 is 15.0 Å². The minimum atomic E-state index is -0.379. The third kappa shape index (κ3) is 3.05. The molecule has 2 heterocycles. The highest BCUT2D eigenvalue weighted by molar-refractivity contribution is 5.48. The van der Waals surface area contributed by atoms with Crippen molar-refractivity contribution < 1.29 is 9.26 Å². The summed E-state index contributed by atoms with van der Waals surface area (Å²) < 4.78 is 12.4. The van der Waals surface area contributed by atoms with Gasteiger partial charge in [0.2, 0.25) is 0 Å². The molecule has 0 spiro atoms. The Hall–Kier alpha value is -1.73. The second-order valence-electron chi connectivity index (χ2n) is 4.41. The van der Waals surface area contributed by atoms with E-state index in [0.29, 0.717) is 24.9 Å². The van der Waals surface area contributed by atoms with Crippen LogP contribution in [-0.2, 0) is 17.7 Å². The third-order valence-corrected chi connectivity index (χ3v) is 2.99. The summed E-state index contributed by atoms with van der Waals surface area (Å²) in [5, 5.41) is 8.38. The van der Waals surface area contributed by atoms with E-state index >= 15 is 0 Å². The smallest absolute Gasteiger partial charge is 0.276 e. The summed E-state index contributed by atoms with van der Waals surface area (Å²) in [5.41, 5.74) is 7.77. The van der Waals surface area contributed by atoms with Crippen LogP contribution in [0.25, 0.3) is 11.6 Å². The van der Waals surface area contributed by atoms with Gasteiger partial charge in [0.15, 0.2) is 5.82 Å². The molecular weight excluding hydrogens is 258 g/mol. The Morgan fingerprint density at radius 2 is 2.20 bits per heavy atom. The lowest BCUT2D eigenvalue weighted by Crippen LogP contribution is -2.18. The molecule has 1 atom stereocenters. The zero-order valence-corrected chi connectivity index (χ0v) is 12.2. The summed E-state index contributed by atoms with van der Waals surface area (Å²) >= 11 is 0. The number of hydrogen-bond donors (Lipinski definition) is 1. The lowest BCUT2D eigenvalue weighted by molar-refractivity contribution is 0.130. The van der Waals surface area contributed by atoms with E-state index in [2.05, 4.69) is 22.2 Å². The fourth-order valence-electron chi connectivity index (χ4n) is 1.86. The molecule has 110 valence electrons. The highest BCUT2D eigenvalue weighted by atomic mass is 16.5. The molecule has 1 unspecified atom stereocenters. The number of aryl methyl sites for hydroxylation is 2. The van der Waals surface area contributed by atoms with E-state index in [1.54, 1.807) is 0 Å². The molecule has 2 N–H and O–H groups in total. The van der Waals surface area contributed by atoms with E-state index in [1.807, 2.05) is 24.6 Å². The number of rotatable bonds is 7. The molecule has 2 aromatic heterocycles. The molecule has 0 fully saturated rings. The van der Waals surface area contributed by atoms with Crippen molar-refractivity contribution in [3.05, 3.63) is 17.6 Å². The predicted octanol–water partition coefficient (Wildman–Crippen LogP) is 1.55. The van der Waals surface area contributed by atoms with Crippen molar-refractivity contribution in [3.63, 3.8) is 0 Å². The van der Waals surface area contributed by atoms with E-state index in [1.165, 1.54) is 0 Å². The van der Waals surface area contributed by atoms with Crippen molar-refractivity contribution in [2.24, 2.45) is 5.73 Å². The minimum absolute atomic E-state index is 0.378. The number of aromatic nitrogens is 4. The number of hydrogen-bond acceptors (Lipinski definition) is 6. The molecule has 0 aliphatic rings. The second-order valence-corrected chi connectivity index (χ2v) is 4.41. The fraction of sp³-hybridized carbons (Fsp3) is 0.615.